The normalized spacial score (nSPS) is 15.1. The molecule has 186 valence electrons. The highest BCUT2D eigenvalue weighted by Crippen LogP contribution is 2.31. The number of nitrogens with zero attached hydrogens (tertiary/aromatic N) is 4. The average Bonchev–Trinajstić information content (AvgIpc) is 3.05. The van der Waals surface area contributed by atoms with E-state index in [1.54, 1.807) is 0 Å². The Hall–Kier alpha value is -3.12. The van der Waals surface area contributed by atoms with Gasteiger partial charge in [0.05, 0.1) is 22.5 Å². The van der Waals surface area contributed by atoms with Gasteiger partial charge in [0.25, 0.3) is 10.0 Å². The molecule has 4 rings (SSSR count). The first-order chi connectivity index (χ1) is 16.5. The van der Waals surface area contributed by atoms with Crippen LogP contribution in [0.3, 0.4) is 0 Å². The van der Waals surface area contributed by atoms with Gasteiger partial charge in [0.2, 0.25) is 0 Å². The number of sulfonamides is 1. The molecule has 1 aromatic carbocycles. The highest BCUT2D eigenvalue weighted by Gasteiger charge is 2.31. The Kier molecular flexibility index (Phi) is 7.04. The van der Waals surface area contributed by atoms with Gasteiger partial charge in [0.15, 0.2) is 0 Å². The predicted molar refractivity (Wildman–Crippen MR) is 125 cm³/mol. The van der Waals surface area contributed by atoms with Crippen LogP contribution in [-0.2, 0) is 16.2 Å². The van der Waals surface area contributed by atoms with Crippen molar-refractivity contribution < 1.29 is 26.0 Å². The monoisotopic (exact) mass is 529 g/mol. The Morgan fingerprint density at radius 3 is 2.31 bits per heavy atom. The van der Waals surface area contributed by atoms with Crippen molar-refractivity contribution in [3.63, 3.8) is 0 Å². The van der Waals surface area contributed by atoms with Crippen LogP contribution in [0.2, 0.25) is 5.02 Å². The lowest BCUT2D eigenvalue weighted by Gasteiger charge is -2.24. The van der Waals surface area contributed by atoms with E-state index >= 15 is 0 Å². The van der Waals surface area contributed by atoms with Crippen LogP contribution in [0.4, 0.5) is 34.9 Å². The highest BCUT2D eigenvalue weighted by molar-refractivity contribution is 7.92. The number of nitrogens with one attached hydrogen (secondary N) is 1. The molecule has 1 aliphatic rings. The number of anilines is 3. The molecular weight excluding hydrogens is 510 g/mol. The Labute approximate surface area is 204 Å². The van der Waals surface area contributed by atoms with Crippen LogP contribution in [0.5, 0.6) is 0 Å². The van der Waals surface area contributed by atoms with Gasteiger partial charge in [0, 0.05) is 32.4 Å². The van der Waals surface area contributed by atoms with Crippen molar-refractivity contribution in [3.05, 3.63) is 71.3 Å². The first-order valence-electron chi connectivity index (χ1n) is 10.5. The van der Waals surface area contributed by atoms with E-state index in [-0.39, 0.29) is 10.7 Å². The molecule has 0 amide bonds. The van der Waals surface area contributed by atoms with E-state index < -0.39 is 32.5 Å². The number of rotatable bonds is 5. The van der Waals surface area contributed by atoms with Crippen molar-refractivity contribution in [3.8, 4) is 0 Å². The van der Waals surface area contributed by atoms with Crippen LogP contribution in [0, 0.1) is 5.82 Å². The zero-order valence-corrected chi connectivity index (χ0v) is 19.7. The van der Waals surface area contributed by atoms with Crippen molar-refractivity contribution in [1.82, 2.24) is 9.97 Å². The number of aromatic nitrogens is 2. The summed E-state index contributed by atoms with van der Waals surface area (Å²) in [7, 11) is -4.18. The van der Waals surface area contributed by atoms with Crippen molar-refractivity contribution in [1.29, 1.82) is 0 Å². The van der Waals surface area contributed by atoms with Crippen LogP contribution in [-0.4, -0.2) is 44.6 Å². The fraction of sp³-hybridized carbons (Fsp3) is 0.273. The number of pyridine rings is 2. The van der Waals surface area contributed by atoms with Crippen LogP contribution in [0.15, 0.2) is 59.8 Å². The van der Waals surface area contributed by atoms with Gasteiger partial charge in [-0.05, 0) is 36.8 Å². The fourth-order valence-corrected chi connectivity index (χ4v) is 5.09. The summed E-state index contributed by atoms with van der Waals surface area (Å²) in [6.45, 7) is 2.09. The molecule has 1 saturated heterocycles. The van der Waals surface area contributed by atoms with Crippen LogP contribution >= 0.6 is 11.6 Å². The standard InChI is InChI=1S/C22H20ClF4N5O2S/c23-17-12-16(30-35(33,34)19-5-2-1-4-18(19)24)14-29-21(17)32-9-3-8-31(10-11-32)20-7-6-15(13-28-20)22(25,26)27/h1-2,4-7,12-14,30H,3,8-11H2. The molecule has 0 radical (unpaired) electrons. The Morgan fingerprint density at radius 2 is 1.66 bits per heavy atom. The second-order valence-electron chi connectivity index (χ2n) is 7.80. The summed E-state index contributed by atoms with van der Waals surface area (Å²) in [5, 5.41) is 0.194. The number of alkyl halides is 3. The van der Waals surface area contributed by atoms with Crippen molar-refractivity contribution in [2.24, 2.45) is 0 Å². The van der Waals surface area contributed by atoms with Crippen LogP contribution in [0.25, 0.3) is 0 Å². The molecule has 0 unspecified atom stereocenters. The lowest BCUT2D eigenvalue weighted by molar-refractivity contribution is -0.137. The van der Waals surface area contributed by atoms with Crippen molar-refractivity contribution in [2.75, 3.05) is 40.7 Å². The molecular formula is C22H20ClF4N5O2S. The highest BCUT2D eigenvalue weighted by atomic mass is 35.5. The van der Waals surface area contributed by atoms with Gasteiger partial charge in [-0.15, -0.1) is 0 Å². The lowest BCUT2D eigenvalue weighted by atomic mass is 10.2. The van der Waals surface area contributed by atoms with Gasteiger partial charge < -0.3 is 9.80 Å². The quantitative estimate of drug-likeness (QED) is 0.478. The summed E-state index contributed by atoms with van der Waals surface area (Å²) in [4.78, 5) is 11.5. The van der Waals surface area contributed by atoms with E-state index in [4.69, 9.17) is 11.6 Å². The first kappa shape index (κ1) is 25.0. The molecule has 0 aliphatic carbocycles. The minimum atomic E-state index is -4.45. The number of hydrogen-bond donors (Lipinski definition) is 1. The minimum Gasteiger partial charge on any atom is -0.355 e. The maximum atomic E-state index is 13.9. The summed E-state index contributed by atoms with van der Waals surface area (Å²) in [5.74, 6) is -0.00753. The maximum Gasteiger partial charge on any atom is 0.417 e. The molecule has 1 fully saturated rings. The van der Waals surface area contributed by atoms with E-state index in [0.717, 1.165) is 24.4 Å². The van der Waals surface area contributed by atoms with Crippen LogP contribution < -0.4 is 14.5 Å². The van der Waals surface area contributed by atoms with E-state index in [0.29, 0.717) is 44.2 Å². The van der Waals surface area contributed by atoms with Crippen molar-refractivity contribution in [2.45, 2.75) is 17.5 Å². The van der Waals surface area contributed by atoms with Gasteiger partial charge in [-0.3, -0.25) is 4.72 Å². The van der Waals surface area contributed by atoms with Crippen molar-refractivity contribution >= 4 is 38.9 Å². The molecule has 0 saturated carbocycles. The van der Waals surface area contributed by atoms with Gasteiger partial charge in [0.1, 0.15) is 22.3 Å². The SMILES string of the molecule is O=S(=O)(Nc1cnc(N2CCCN(c3ccc(C(F)(F)F)cn3)CC2)c(Cl)c1)c1ccccc1F. The van der Waals surface area contributed by atoms with Gasteiger partial charge in [-0.1, -0.05) is 23.7 Å². The zero-order chi connectivity index (χ0) is 25.2. The smallest absolute Gasteiger partial charge is 0.355 e. The molecule has 3 aromatic rings. The third kappa shape index (κ3) is 5.76. The third-order valence-corrected chi connectivity index (χ3v) is 7.09. The third-order valence-electron chi connectivity index (χ3n) is 5.39. The summed E-state index contributed by atoms with van der Waals surface area (Å²) < 4.78 is 79.6. The van der Waals surface area contributed by atoms with E-state index in [9.17, 15) is 26.0 Å². The molecule has 0 spiro atoms. The Balaban J connectivity index is 1.45. The molecule has 1 aliphatic heterocycles. The number of benzene rings is 1. The summed E-state index contributed by atoms with van der Waals surface area (Å²) >= 11 is 6.39. The largest absolute Gasteiger partial charge is 0.417 e. The molecule has 2 aromatic heterocycles. The minimum absolute atomic E-state index is 0.0763. The number of hydrogen-bond acceptors (Lipinski definition) is 6. The Morgan fingerprint density at radius 1 is 0.943 bits per heavy atom. The molecule has 13 heteroatoms. The van der Waals surface area contributed by atoms with Gasteiger partial charge in [-0.2, -0.15) is 13.2 Å². The Bertz CT molecular complexity index is 1310. The fourth-order valence-electron chi connectivity index (χ4n) is 3.69. The zero-order valence-electron chi connectivity index (χ0n) is 18.1. The van der Waals surface area contributed by atoms with Gasteiger partial charge in [-0.25, -0.2) is 22.8 Å². The lowest BCUT2D eigenvalue weighted by Crippen LogP contribution is -2.31. The summed E-state index contributed by atoms with van der Waals surface area (Å²) in [6, 6.07) is 8.74. The second-order valence-corrected chi connectivity index (χ2v) is 9.85. The molecule has 3 heterocycles. The molecule has 35 heavy (non-hydrogen) atoms. The maximum absolute atomic E-state index is 13.9. The summed E-state index contributed by atoms with van der Waals surface area (Å²) in [6.07, 6.45) is -1.67. The van der Waals surface area contributed by atoms with E-state index in [1.165, 1.54) is 30.5 Å². The van der Waals surface area contributed by atoms with E-state index in [2.05, 4.69) is 14.7 Å². The van der Waals surface area contributed by atoms with E-state index in [1.807, 2.05) is 9.80 Å². The summed E-state index contributed by atoms with van der Waals surface area (Å²) in [5.41, 5.74) is -0.730. The second kappa shape index (κ2) is 9.86. The number of halogens is 5. The molecule has 7 nitrogen and oxygen atoms in total. The molecule has 0 atom stereocenters. The first-order valence-corrected chi connectivity index (χ1v) is 12.4. The molecule has 0 bridgehead atoms. The van der Waals surface area contributed by atoms with Gasteiger partial charge >= 0.3 is 6.18 Å². The predicted octanol–water partition coefficient (Wildman–Crippen LogP) is 4.81. The average molecular weight is 530 g/mol. The molecule has 1 N–H and O–H groups in total. The topological polar surface area (TPSA) is 78.4 Å². The van der Waals surface area contributed by atoms with Crippen LogP contribution in [0.1, 0.15) is 12.0 Å².